The maximum absolute atomic E-state index is 12.1. The standard InChI is InChI=1S/C20H28N2O2S/c1-6-24-19(23)10-15(9-17(13-25)22-5)18-11-16(20(2,3)4)8-7-14(18)12-21/h7-8,11,13,15,22,25H,6,9-10H2,1-5H3/b17-13-. The number of hydrogen-bond donors (Lipinski definition) is 2. The molecule has 5 heteroatoms. The van der Waals surface area contributed by atoms with Gasteiger partial charge in [-0.3, -0.25) is 4.79 Å². The Labute approximate surface area is 156 Å². The fraction of sp³-hybridized carbons (Fsp3) is 0.500. The summed E-state index contributed by atoms with van der Waals surface area (Å²) in [5.74, 6) is -0.408. The van der Waals surface area contributed by atoms with Crippen molar-refractivity contribution in [1.82, 2.24) is 5.32 Å². The van der Waals surface area contributed by atoms with E-state index in [0.29, 0.717) is 18.6 Å². The molecule has 1 N–H and O–H groups in total. The summed E-state index contributed by atoms with van der Waals surface area (Å²) < 4.78 is 5.13. The Morgan fingerprint density at radius 3 is 2.56 bits per heavy atom. The lowest BCUT2D eigenvalue weighted by Gasteiger charge is -2.24. The van der Waals surface area contributed by atoms with Crippen LogP contribution in [-0.4, -0.2) is 19.6 Å². The Balaban J connectivity index is 3.36. The normalized spacial score (nSPS) is 13.1. The first kappa shape index (κ1) is 21.1. The number of esters is 1. The van der Waals surface area contributed by atoms with Crippen molar-refractivity contribution >= 4 is 18.6 Å². The highest BCUT2D eigenvalue weighted by Crippen LogP contribution is 2.33. The number of nitrogens with one attached hydrogen (secondary N) is 1. The van der Waals surface area contributed by atoms with Gasteiger partial charge in [0.2, 0.25) is 0 Å². The molecular weight excluding hydrogens is 332 g/mol. The lowest BCUT2D eigenvalue weighted by molar-refractivity contribution is -0.143. The van der Waals surface area contributed by atoms with Gasteiger partial charge in [0.15, 0.2) is 0 Å². The van der Waals surface area contributed by atoms with E-state index in [1.165, 1.54) is 0 Å². The predicted molar refractivity (Wildman–Crippen MR) is 105 cm³/mol. The average Bonchev–Trinajstić information content (AvgIpc) is 2.57. The van der Waals surface area contributed by atoms with Gasteiger partial charge in [-0.2, -0.15) is 5.26 Å². The van der Waals surface area contributed by atoms with Gasteiger partial charge in [-0.1, -0.05) is 32.9 Å². The van der Waals surface area contributed by atoms with Crippen molar-refractivity contribution < 1.29 is 9.53 Å². The van der Waals surface area contributed by atoms with E-state index in [-0.39, 0.29) is 23.7 Å². The fourth-order valence-electron chi connectivity index (χ4n) is 2.67. The van der Waals surface area contributed by atoms with Crippen molar-refractivity contribution in [2.24, 2.45) is 0 Å². The number of nitrogens with zero attached hydrogens (tertiary/aromatic N) is 1. The molecule has 0 aliphatic heterocycles. The van der Waals surface area contributed by atoms with Gasteiger partial charge >= 0.3 is 5.97 Å². The zero-order valence-electron chi connectivity index (χ0n) is 15.7. The molecule has 0 saturated carbocycles. The number of ether oxygens (including phenoxy) is 1. The van der Waals surface area contributed by atoms with E-state index in [4.69, 9.17) is 4.74 Å². The number of carbonyl (C=O) groups excluding carboxylic acids is 1. The maximum atomic E-state index is 12.1. The summed E-state index contributed by atoms with van der Waals surface area (Å²) in [5, 5.41) is 14.3. The first-order chi connectivity index (χ1) is 11.8. The van der Waals surface area contributed by atoms with Crippen LogP contribution in [0.25, 0.3) is 0 Å². The minimum Gasteiger partial charge on any atom is -0.466 e. The summed E-state index contributed by atoms with van der Waals surface area (Å²) in [7, 11) is 1.82. The van der Waals surface area contributed by atoms with Crippen LogP contribution in [0, 0.1) is 11.3 Å². The summed E-state index contributed by atoms with van der Waals surface area (Å²) in [5.41, 5.74) is 3.48. The molecule has 1 aromatic rings. The molecule has 0 aromatic heterocycles. The Bertz CT molecular complexity index is 669. The average molecular weight is 361 g/mol. The largest absolute Gasteiger partial charge is 0.466 e. The summed E-state index contributed by atoms with van der Waals surface area (Å²) >= 11 is 4.22. The second-order valence-corrected chi connectivity index (χ2v) is 7.24. The molecular formula is C20H28N2O2S. The Morgan fingerprint density at radius 1 is 1.40 bits per heavy atom. The number of thiol groups is 1. The van der Waals surface area contributed by atoms with Crippen LogP contribution in [0.2, 0.25) is 0 Å². The second-order valence-electron chi connectivity index (χ2n) is 6.98. The van der Waals surface area contributed by atoms with Crippen LogP contribution in [0.15, 0.2) is 29.3 Å². The molecule has 0 amide bonds. The molecule has 4 nitrogen and oxygen atoms in total. The summed E-state index contributed by atoms with van der Waals surface area (Å²) in [6.45, 7) is 8.53. The maximum Gasteiger partial charge on any atom is 0.306 e. The predicted octanol–water partition coefficient (Wildman–Crippen LogP) is 4.27. The van der Waals surface area contributed by atoms with Crippen LogP contribution in [0.1, 0.15) is 63.1 Å². The Hall–Kier alpha value is -1.93. The van der Waals surface area contributed by atoms with Crippen LogP contribution < -0.4 is 5.32 Å². The van der Waals surface area contributed by atoms with E-state index >= 15 is 0 Å². The Morgan fingerprint density at radius 2 is 2.08 bits per heavy atom. The summed E-state index contributed by atoms with van der Waals surface area (Å²) in [4.78, 5) is 12.1. The van der Waals surface area contributed by atoms with Gasteiger partial charge in [0, 0.05) is 18.7 Å². The van der Waals surface area contributed by atoms with E-state index in [2.05, 4.69) is 44.8 Å². The SMILES string of the molecule is CCOC(=O)CC(C/C(=C/S)NC)c1cc(C(C)(C)C)ccc1C#N. The molecule has 0 spiro atoms. The number of hydrogen-bond acceptors (Lipinski definition) is 5. The van der Waals surface area contributed by atoms with Gasteiger partial charge < -0.3 is 10.1 Å². The number of allylic oxidation sites excluding steroid dienone is 1. The number of nitriles is 1. The minimum absolute atomic E-state index is 0.0393. The van der Waals surface area contributed by atoms with Gasteiger partial charge in [0.05, 0.1) is 24.7 Å². The topological polar surface area (TPSA) is 62.1 Å². The molecule has 1 unspecified atom stereocenters. The van der Waals surface area contributed by atoms with E-state index in [1.54, 1.807) is 12.3 Å². The smallest absolute Gasteiger partial charge is 0.306 e. The molecule has 0 aliphatic carbocycles. The van der Waals surface area contributed by atoms with E-state index in [0.717, 1.165) is 16.8 Å². The van der Waals surface area contributed by atoms with Crippen LogP contribution >= 0.6 is 12.6 Å². The van der Waals surface area contributed by atoms with Crippen molar-refractivity contribution in [3.8, 4) is 6.07 Å². The highest BCUT2D eigenvalue weighted by Gasteiger charge is 2.24. The second kappa shape index (κ2) is 9.53. The van der Waals surface area contributed by atoms with Crippen molar-refractivity contribution in [3.05, 3.63) is 46.0 Å². The molecule has 1 rings (SSSR count). The first-order valence-corrected chi connectivity index (χ1v) is 8.99. The van der Waals surface area contributed by atoms with Crippen LogP contribution in [0.4, 0.5) is 0 Å². The molecule has 0 saturated heterocycles. The quantitative estimate of drug-likeness (QED) is 0.563. The van der Waals surface area contributed by atoms with Gasteiger partial charge in [-0.15, -0.1) is 12.6 Å². The number of benzene rings is 1. The Kier molecular flexibility index (Phi) is 8.05. The van der Waals surface area contributed by atoms with Gasteiger partial charge in [0.25, 0.3) is 0 Å². The summed E-state index contributed by atoms with van der Waals surface area (Å²) in [6, 6.07) is 8.14. The van der Waals surface area contributed by atoms with Crippen LogP contribution in [0.5, 0.6) is 0 Å². The number of carbonyl (C=O) groups is 1. The van der Waals surface area contributed by atoms with E-state index < -0.39 is 0 Å². The molecule has 1 atom stereocenters. The third kappa shape index (κ3) is 6.13. The molecule has 0 radical (unpaired) electrons. The summed E-state index contributed by atoms with van der Waals surface area (Å²) in [6.07, 6.45) is 0.810. The van der Waals surface area contributed by atoms with Crippen molar-refractivity contribution in [2.45, 2.75) is 51.9 Å². The monoisotopic (exact) mass is 360 g/mol. The van der Waals surface area contributed by atoms with E-state index in [9.17, 15) is 10.1 Å². The van der Waals surface area contributed by atoms with Crippen molar-refractivity contribution in [2.75, 3.05) is 13.7 Å². The van der Waals surface area contributed by atoms with Crippen LogP contribution in [-0.2, 0) is 14.9 Å². The minimum atomic E-state index is -0.257. The lowest BCUT2D eigenvalue weighted by Crippen LogP contribution is -2.17. The van der Waals surface area contributed by atoms with Gasteiger partial charge in [-0.25, -0.2) is 0 Å². The fourth-order valence-corrected chi connectivity index (χ4v) is 2.90. The molecule has 25 heavy (non-hydrogen) atoms. The third-order valence-electron chi connectivity index (χ3n) is 4.14. The van der Waals surface area contributed by atoms with Crippen LogP contribution in [0.3, 0.4) is 0 Å². The highest BCUT2D eigenvalue weighted by atomic mass is 32.1. The van der Waals surface area contributed by atoms with Crippen molar-refractivity contribution in [3.63, 3.8) is 0 Å². The zero-order valence-corrected chi connectivity index (χ0v) is 16.6. The molecule has 1 aromatic carbocycles. The molecule has 0 heterocycles. The third-order valence-corrected chi connectivity index (χ3v) is 4.45. The molecule has 0 aliphatic rings. The van der Waals surface area contributed by atoms with Crippen molar-refractivity contribution in [1.29, 1.82) is 5.26 Å². The lowest BCUT2D eigenvalue weighted by atomic mass is 9.81. The molecule has 0 fully saturated rings. The number of rotatable bonds is 7. The molecule has 0 bridgehead atoms. The zero-order chi connectivity index (χ0) is 19.0. The van der Waals surface area contributed by atoms with Gasteiger partial charge in [0.1, 0.15) is 0 Å². The van der Waals surface area contributed by atoms with Gasteiger partial charge in [-0.05, 0) is 41.4 Å². The highest BCUT2D eigenvalue weighted by molar-refractivity contribution is 7.83. The molecule has 136 valence electrons. The van der Waals surface area contributed by atoms with E-state index in [1.807, 2.05) is 25.2 Å². The first-order valence-electron chi connectivity index (χ1n) is 8.47.